The minimum atomic E-state index is -0.875. The SMILES string of the molecule is COC(=O)COc1ccccc1[C@@H](CC(=O)OC)c1oc(CN2CCCCC2)cc(=O)c1O. The van der Waals surface area contributed by atoms with E-state index in [4.69, 9.17) is 13.9 Å². The molecule has 1 fully saturated rings. The maximum Gasteiger partial charge on any atom is 0.343 e. The summed E-state index contributed by atoms with van der Waals surface area (Å²) in [6.07, 6.45) is 3.11. The molecule has 0 spiro atoms. The molecule has 0 bridgehead atoms. The summed E-state index contributed by atoms with van der Waals surface area (Å²) in [5.41, 5.74) is -0.133. The molecule has 9 heteroatoms. The Morgan fingerprint density at radius 1 is 1.09 bits per heavy atom. The largest absolute Gasteiger partial charge is 0.502 e. The number of nitrogens with zero attached hydrogens (tertiary/aromatic N) is 1. The van der Waals surface area contributed by atoms with Gasteiger partial charge in [-0.2, -0.15) is 0 Å². The van der Waals surface area contributed by atoms with Gasteiger partial charge in [-0.25, -0.2) is 4.79 Å². The first-order chi connectivity index (χ1) is 15.9. The topological polar surface area (TPSA) is 116 Å². The van der Waals surface area contributed by atoms with E-state index in [0.29, 0.717) is 23.6 Å². The predicted octanol–water partition coefficient (Wildman–Crippen LogP) is 2.58. The summed E-state index contributed by atoms with van der Waals surface area (Å²) in [6.45, 7) is 1.88. The zero-order valence-electron chi connectivity index (χ0n) is 18.9. The molecule has 1 atom stereocenters. The summed E-state index contributed by atoms with van der Waals surface area (Å²) in [7, 11) is 2.50. The first kappa shape index (κ1) is 24.3. The molecule has 1 aliphatic heterocycles. The van der Waals surface area contributed by atoms with Gasteiger partial charge in [0.1, 0.15) is 11.5 Å². The van der Waals surface area contributed by atoms with Crippen molar-refractivity contribution in [1.29, 1.82) is 0 Å². The van der Waals surface area contributed by atoms with Crippen LogP contribution in [0.5, 0.6) is 11.5 Å². The van der Waals surface area contributed by atoms with E-state index >= 15 is 0 Å². The van der Waals surface area contributed by atoms with Gasteiger partial charge in [0.05, 0.1) is 33.1 Å². The summed E-state index contributed by atoms with van der Waals surface area (Å²) in [4.78, 5) is 38.6. The highest BCUT2D eigenvalue weighted by Crippen LogP contribution is 2.38. The first-order valence-corrected chi connectivity index (χ1v) is 10.9. The van der Waals surface area contributed by atoms with Crippen LogP contribution in [0.3, 0.4) is 0 Å². The molecule has 1 aliphatic rings. The number of para-hydroxylation sites is 1. The molecule has 3 rings (SSSR count). The normalized spacial score (nSPS) is 15.0. The Balaban J connectivity index is 2.01. The minimum Gasteiger partial charge on any atom is -0.502 e. The number of carbonyl (C=O) groups excluding carboxylic acids is 2. The third kappa shape index (κ3) is 6.35. The Hall–Kier alpha value is -3.33. The molecule has 1 aromatic heterocycles. The fraction of sp³-hybridized carbons (Fsp3) is 0.458. The number of rotatable bonds is 9. The highest BCUT2D eigenvalue weighted by Gasteiger charge is 2.29. The summed E-state index contributed by atoms with van der Waals surface area (Å²) in [6, 6.07) is 8.00. The van der Waals surface area contributed by atoms with Crippen molar-refractivity contribution in [2.45, 2.75) is 38.1 Å². The Kier molecular flexibility index (Phi) is 8.48. The zero-order chi connectivity index (χ0) is 23.8. The van der Waals surface area contributed by atoms with Gasteiger partial charge in [0, 0.05) is 11.6 Å². The number of likely N-dealkylation sites (tertiary alicyclic amines) is 1. The third-order valence-corrected chi connectivity index (χ3v) is 5.61. The number of aromatic hydroxyl groups is 1. The summed E-state index contributed by atoms with van der Waals surface area (Å²) in [5.74, 6) is -1.94. The summed E-state index contributed by atoms with van der Waals surface area (Å²) in [5, 5.41) is 10.6. The second-order valence-corrected chi connectivity index (χ2v) is 7.86. The Morgan fingerprint density at radius 3 is 2.48 bits per heavy atom. The van der Waals surface area contributed by atoms with Crippen LogP contribution in [0.1, 0.15) is 48.7 Å². The van der Waals surface area contributed by atoms with Crippen LogP contribution >= 0.6 is 0 Å². The second kappa shape index (κ2) is 11.5. The Morgan fingerprint density at radius 2 is 1.79 bits per heavy atom. The van der Waals surface area contributed by atoms with Crippen molar-refractivity contribution in [3.05, 3.63) is 57.6 Å². The molecule has 0 amide bonds. The van der Waals surface area contributed by atoms with Gasteiger partial charge in [0.25, 0.3) is 0 Å². The van der Waals surface area contributed by atoms with Gasteiger partial charge in [-0.05, 0) is 32.0 Å². The molecule has 0 aliphatic carbocycles. The van der Waals surface area contributed by atoms with Crippen molar-refractivity contribution >= 4 is 11.9 Å². The van der Waals surface area contributed by atoms with Crippen LogP contribution in [0.2, 0.25) is 0 Å². The fourth-order valence-corrected chi connectivity index (χ4v) is 3.90. The van der Waals surface area contributed by atoms with Crippen LogP contribution in [0.15, 0.2) is 39.5 Å². The lowest BCUT2D eigenvalue weighted by Gasteiger charge is -2.26. The third-order valence-electron chi connectivity index (χ3n) is 5.61. The van der Waals surface area contributed by atoms with Crippen molar-refractivity contribution in [2.24, 2.45) is 0 Å². The van der Waals surface area contributed by atoms with Gasteiger partial charge in [0.2, 0.25) is 11.2 Å². The van der Waals surface area contributed by atoms with Crippen molar-refractivity contribution in [3.63, 3.8) is 0 Å². The van der Waals surface area contributed by atoms with Gasteiger partial charge in [-0.1, -0.05) is 24.6 Å². The molecule has 0 radical (unpaired) electrons. The van der Waals surface area contributed by atoms with E-state index in [1.165, 1.54) is 26.7 Å². The average Bonchev–Trinajstić information content (AvgIpc) is 2.84. The zero-order valence-corrected chi connectivity index (χ0v) is 18.9. The number of hydrogen-bond donors (Lipinski definition) is 1. The summed E-state index contributed by atoms with van der Waals surface area (Å²) >= 11 is 0. The molecule has 2 heterocycles. The number of benzene rings is 1. The fourth-order valence-electron chi connectivity index (χ4n) is 3.90. The molecular formula is C24H29NO8. The number of ether oxygens (including phenoxy) is 3. The standard InChI is InChI=1S/C24H29NO8/c1-30-21(27)13-18(17-8-4-5-9-20(17)32-15-22(28)31-2)24-23(29)19(26)12-16(33-24)14-25-10-6-3-7-11-25/h4-5,8-9,12,18,29H,3,6-7,10-11,13-15H2,1-2H3/t18-/m1/s1. The monoisotopic (exact) mass is 459 g/mol. The highest BCUT2D eigenvalue weighted by atomic mass is 16.6. The number of carbonyl (C=O) groups is 2. The Labute approximate surface area is 191 Å². The van der Waals surface area contributed by atoms with Crippen molar-refractivity contribution in [1.82, 2.24) is 4.90 Å². The van der Waals surface area contributed by atoms with E-state index in [-0.39, 0.29) is 18.8 Å². The van der Waals surface area contributed by atoms with Crippen molar-refractivity contribution in [3.8, 4) is 11.5 Å². The quantitative estimate of drug-likeness (QED) is 0.565. The van der Waals surface area contributed by atoms with Crippen LogP contribution in [-0.2, 0) is 25.6 Å². The maximum absolute atomic E-state index is 12.6. The smallest absolute Gasteiger partial charge is 0.343 e. The van der Waals surface area contributed by atoms with Crippen molar-refractivity contribution in [2.75, 3.05) is 33.9 Å². The van der Waals surface area contributed by atoms with Crippen LogP contribution in [0, 0.1) is 0 Å². The molecule has 178 valence electrons. The molecular weight excluding hydrogens is 430 g/mol. The number of methoxy groups -OCH3 is 2. The van der Waals surface area contributed by atoms with Gasteiger partial charge < -0.3 is 23.7 Å². The molecule has 1 saturated heterocycles. The first-order valence-electron chi connectivity index (χ1n) is 10.9. The lowest BCUT2D eigenvalue weighted by Crippen LogP contribution is -2.29. The molecule has 0 unspecified atom stereocenters. The molecule has 33 heavy (non-hydrogen) atoms. The number of esters is 2. The molecule has 1 aromatic carbocycles. The highest BCUT2D eigenvalue weighted by molar-refractivity contribution is 5.72. The predicted molar refractivity (Wildman–Crippen MR) is 118 cm³/mol. The second-order valence-electron chi connectivity index (χ2n) is 7.86. The van der Waals surface area contributed by atoms with E-state index in [0.717, 1.165) is 25.9 Å². The number of hydrogen-bond acceptors (Lipinski definition) is 9. The van der Waals surface area contributed by atoms with E-state index in [9.17, 15) is 19.5 Å². The van der Waals surface area contributed by atoms with E-state index in [2.05, 4.69) is 9.64 Å². The maximum atomic E-state index is 12.6. The van der Waals surface area contributed by atoms with Crippen LogP contribution < -0.4 is 10.2 Å². The van der Waals surface area contributed by atoms with Gasteiger partial charge in [-0.3, -0.25) is 14.5 Å². The van der Waals surface area contributed by atoms with E-state index < -0.39 is 29.0 Å². The molecule has 2 aromatic rings. The lowest BCUT2D eigenvalue weighted by molar-refractivity contribution is -0.143. The average molecular weight is 459 g/mol. The van der Waals surface area contributed by atoms with Crippen molar-refractivity contribution < 1.29 is 33.3 Å². The van der Waals surface area contributed by atoms with Gasteiger partial charge >= 0.3 is 11.9 Å². The van der Waals surface area contributed by atoms with Crippen LogP contribution in [0.25, 0.3) is 0 Å². The minimum absolute atomic E-state index is 0.0472. The van der Waals surface area contributed by atoms with Crippen LogP contribution in [-0.4, -0.2) is 55.9 Å². The molecule has 1 N–H and O–H groups in total. The molecule has 0 saturated carbocycles. The van der Waals surface area contributed by atoms with E-state index in [1.54, 1.807) is 24.3 Å². The molecule has 9 nitrogen and oxygen atoms in total. The van der Waals surface area contributed by atoms with E-state index in [1.807, 2.05) is 0 Å². The van der Waals surface area contributed by atoms with Gasteiger partial charge in [0.15, 0.2) is 12.4 Å². The van der Waals surface area contributed by atoms with Crippen LogP contribution in [0.4, 0.5) is 0 Å². The lowest BCUT2D eigenvalue weighted by atomic mass is 9.91. The summed E-state index contributed by atoms with van der Waals surface area (Å²) < 4.78 is 21.1. The Bertz CT molecular complexity index is 1030. The van der Waals surface area contributed by atoms with Gasteiger partial charge in [-0.15, -0.1) is 0 Å². The number of piperidine rings is 1.